The molecule has 14 heteroatoms. The first-order valence-electron chi connectivity index (χ1n) is 11.6. The molecule has 2 rings (SSSR count). The van der Waals surface area contributed by atoms with E-state index in [1.807, 2.05) is 20.8 Å². The molecule has 1 fully saturated rings. The number of thioether (sulfide) groups is 1. The number of ether oxygens (including phenoxy) is 2. The largest absolute Gasteiger partial charge is 0.697 e. The van der Waals surface area contributed by atoms with Crippen LogP contribution in [0, 0.1) is 17.3 Å². The third-order valence-electron chi connectivity index (χ3n) is 5.58. The first-order valence-corrected chi connectivity index (χ1v) is 13.7. The number of esters is 1. The zero-order chi connectivity index (χ0) is 27.0. The van der Waals surface area contributed by atoms with Crippen molar-refractivity contribution in [2.75, 3.05) is 25.6 Å². The Labute approximate surface area is 214 Å². The highest BCUT2D eigenvalue weighted by Crippen LogP contribution is 2.35. The maximum atomic E-state index is 12.5. The van der Waals surface area contributed by atoms with Gasteiger partial charge in [-0.3, -0.25) is 23.9 Å². The van der Waals surface area contributed by atoms with E-state index in [4.69, 9.17) is 24.3 Å². The molecule has 12 nitrogen and oxygen atoms in total. The van der Waals surface area contributed by atoms with Gasteiger partial charge in [0.2, 0.25) is 0 Å². The van der Waals surface area contributed by atoms with Crippen LogP contribution in [0.1, 0.15) is 47.3 Å². The SMILES string of the molecule is CC(C)[C@H](N)C(=O)OCC(C)(C)C(=O)SCCO[P+](=O)OC[C@@H]1C[C@H](C)[C@H](n2ccc(=O)[nH]c2=O)O1. The summed E-state index contributed by atoms with van der Waals surface area (Å²) in [5.41, 5.74) is 3.78. The number of hydrogen-bond acceptors (Lipinski definition) is 11. The highest BCUT2D eigenvalue weighted by atomic mass is 32.2. The number of hydrogen-bond donors (Lipinski definition) is 2. The Balaban J connectivity index is 1.68. The van der Waals surface area contributed by atoms with Crippen LogP contribution >= 0.6 is 20.0 Å². The maximum absolute atomic E-state index is 12.5. The van der Waals surface area contributed by atoms with Crippen molar-refractivity contribution in [3.63, 3.8) is 0 Å². The van der Waals surface area contributed by atoms with Gasteiger partial charge in [-0.15, -0.1) is 9.05 Å². The standard InChI is InChI=1S/C22H34N3O9PS/c1-13(2)17(23)19(27)31-12-22(4,5)20(28)36-9-8-32-35(30)33-11-15-10-14(3)18(34-15)25-7-6-16(26)24-21(25)29/h6-7,13-15,17-18H,8-12,23H2,1-5H3/p+1/t14-,15-,17-,18+/m0/s1. The Kier molecular flexibility index (Phi) is 11.5. The Morgan fingerprint density at radius 1 is 1.33 bits per heavy atom. The fourth-order valence-corrected chi connectivity index (χ4v) is 4.82. The first-order chi connectivity index (χ1) is 16.8. The molecule has 1 unspecified atom stereocenters. The number of carbonyl (C=O) groups is 2. The fourth-order valence-electron chi connectivity index (χ4n) is 3.29. The van der Waals surface area contributed by atoms with Crippen LogP contribution in [0.25, 0.3) is 0 Å². The summed E-state index contributed by atoms with van der Waals surface area (Å²) in [6, 6.07) is 0.494. The van der Waals surface area contributed by atoms with Crippen molar-refractivity contribution in [3.05, 3.63) is 33.1 Å². The Morgan fingerprint density at radius 3 is 2.67 bits per heavy atom. The van der Waals surface area contributed by atoms with Gasteiger partial charge in [-0.2, -0.15) is 0 Å². The Bertz CT molecular complexity index is 1040. The quantitative estimate of drug-likeness (QED) is 0.210. The van der Waals surface area contributed by atoms with E-state index in [1.54, 1.807) is 13.8 Å². The van der Waals surface area contributed by atoms with Crippen molar-refractivity contribution in [1.82, 2.24) is 9.55 Å². The zero-order valence-corrected chi connectivity index (χ0v) is 22.8. The lowest BCUT2D eigenvalue weighted by atomic mass is 9.97. The highest BCUT2D eigenvalue weighted by Gasteiger charge is 2.37. The summed E-state index contributed by atoms with van der Waals surface area (Å²) in [5.74, 6) is -0.420. The van der Waals surface area contributed by atoms with Crippen LogP contribution in [-0.2, 0) is 32.7 Å². The molecule has 1 aliphatic rings. The van der Waals surface area contributed by atoms with Crippen LogP contribution in [0.5, 0.6) is 0 Å². The van der Waals surface area contributed by atoms with Crippen molar-refractivity contribution in [1.29, 1.82) is 0 Å². The molecule has 0 spiro atoms. The van der Waals surface area contributed by atoms with E-state index in [0.717, 1.165) is 11.8 Å². The third kappa shape index (κ3) is 8.89. The lowest BCUT2D eigenvalue weighted by molar-refractivity contribution is -0.150. The molecule has 0 saturated carbocycles. The lowest BCUT2D eigenvalue weighted by Crippen LogP contribution is -2.39. The average molecular weight is 549 g/mol. The summed E-state index contributed by atoms with van der Waals surface area (Å²) in [4.78, 5) is 49.8. The van der Waals surface area contributed by atoms with E-state index in [1.165, 1.54) is 16.8 Å². The molecule has 1 aromatic rings. The van der Waals surface area contributed by atoms with Crippen molar-refractivity contribution >= 4 is 31.1 Å². The van der Waals surface area contributed by atoms with Crippen LogP contribution in [0.4, 0.5) is 0 Å². The zero-order valence-electron chi connectivity index (χ0n) is 21.1. The topological polar surface area (TPSA) is 169 Å². The van der Waals surface area contributed by atoms with Gasteiger partial charge in [-0.1, -0.05) is 32.5 Å². The summed E-state index contributed by atoms with van der Waals surface area (Å²) in [6.07, 6.45) is 0.952. The van der Waals surface area contributed by atoms with E-state index in [-0.39, 0.29) is 42.5 Å². The predicted octanol–water partition coefficient (Wildman–Crippen LogP) is 1.96. The summed E-state index contributed by atoms with van der Waals surface area (Å²) in [7, 11) is -2.43. The molecule has 0 aromatic carbocycles. The van der Waals surface area contributed by atoms with Gasteiger partial charge in [0, 0.05) is 28.5 Å². The van der Waals surface area contributed by atoms with Crippen LogP contribution in [-0.4, -0.2) is 58.4 Å². The Hall–Kier alpha value is -1.89. The molecular weight excluding hydrogens is 513 g/mol. The molecule has 1 saturated heterocycles. The summed E-state index contributed by atoms with van der Waals surface area (Å²) in [5, 5.41) is -0.204. The number of nitrogens with zero attached hydrogens (tertiary/aromatic N) is 1. The molecule has 5 atom stereocenters. The molecule has 202 valence electrons. The number of aromatic amines is 1. The molecule has 2 heterocycles. The van der Waals surface area contributed by atoms with Gasteiger partial charge in [0.15, 0.2) is 5.12 Å². The number of H-pyrrole nitrogens is 1. The first kappa shape index (κ1) is 30.3. The molecule has 0 bridgehead atoms. The number of nitrogens with two attached hydrogens (primary N) is 1. The summed E-state index contributed by atoms with van der Waals surface area (Å²) < 4.78 is 34.8. The maximum Gasteiger partial charge on any atom is 0.697 e. The number of carbonyl (C=O) groups excluding carboxylic acids is 2. The normalized spacial score (nSPS) is 21.4. The minimum absolute atomic E-state index is 0.00284. The van der Waals surface area contributed by atoms with Gasteiger partial charge in [-0.25, -0.2) is 4.79 Å². The highest BCUT2D eigenvalue weighted by molar-refractivity contribution is 8.13. The molecule has 0 radical (unpaired) electrons. The van der Waals surface area contributed by atoms with E-state index >= 15 is 0 Å². The van der Waals surface area contributed by atoms with E-state index < -0.39 is 49.3 Å². The van der Waals surface area contributed by atoms with E-state index in [9.17, 15) is 23.7 Å². The van der Waals surface area contributed by atoms with Crippen LogP contribution in [0.2, 0.25) is 0 Å². The number of nitrogens with one attached hydrogen (secondary N) is 1. The van der Waals surface area contributed by atoms with Crippen molar-refractivity contribution in [2.45, 2.75) is 59.4 Å². The van der Waals surface area contributed by atoms with E-state index in [2.05, 4.69) is 4.98 Å². The van der Waals surface area contributed by atoms with Crippen molar-refractivity contribution < 1.29 is 32.7 Å². The van der Waals surface area contributed by atoms with E-state index in [0.29, 0.717) is 6.42 Å². The van der Waals surface area contributed by atoms with Gasteiger partial charge in [-0.05, 0) is 26.2 Å². The minimum atomic E-state index is -2.43. The van der Waals surface area contributed by atoms with Gasteiger partial charge in [0.25, 0.3) is 5.56 Å². The van der Waals surface area contributed by atoms with Gasteiger partial charge < -0.3 is 15.2 Å². The number of aromatic nitrogens is 2. The smallest absolute Gasteiger partial charge is 0.463 e. The fraction of sp³-hybridized carbons (Fsp3) is 0.727. The molecule has 36 heavy (non-hydrogen) atoms. The van der Waals surface area contributed by atoms with Gasteiger partial charge in [0.05, 0.1) is 11.5 Å². The Morgan fingerprint density at radius 2 is 2.03 bits per heavy atom. The molecule has 0 amide bonds. The number of rotatable bonds is 13. The van der Waals surface area contributed by atoms with Crippen molar-refractivity contribution in [3.8, 4) is 0 Å². The molecule has 1 aromatic heterocycles. The van der Waals surface area contributed by atoms with Gasteiger partial charge >= 0.3 is 19.9 Å². The minimum Gasteiger partial charge on any atom is -0.463 e. The van der Waals surface area contributed by atoms with Crippen LogP contribution < -0.4 is 17.0 Å². The third-order valence-corrected chi connectivity index (χ3v) is 7.51. The molecule has 1 aliphatic heterocycles. The van der Waals surface area contributed by atoms with Crippen LogP contribution in [0.15, 0.2) is 21.9 Å². The van der Waals surface area contributed by atoms with Crippen LogP contribution in [0.3, 0.4) is 0 Å². The van der Waals surface area contributed by atoms with Crippen molar-refractivity contribution in [2.24, 2.45) is 23.0 Å². The lowest BCUT2D eigenvalue weighted by Gasteiger charge is -2.23. The molecule has 3 N–H and O–H groups in total. The summed E-state index contributed by atoms with van der Waals surface area (Å²) in [6.45, 7) is 8.75. The summed E-state index contributed by atoms with van der Waals surface area (Å²) >= 11 is 0.983. The predicted molar refractivity (Wildman–Crippen MR) is 134 cm³/mol. The average Bonchev–Trinajstić information content (AvgIpc) is 3.18. The molecule has 0 aliphatic carbocycles. The second-order valence-electron chi connectivity index (χ2n) is 9.63. The second kappa shape index (κ2) is 13.6. The monoisotopic (exact) mass is 548 g/mol. The second-order valence-corrected chi connectivity index (χ2v) is 11.7. The van der Waals surface area contributed by atoms with Gasteiger partial charge in [0.1, 0.15) is 32.1 Å². The molecular formula is C22H35N3O9PS+.